The summed E-state index contributed by atoms with van der Waals surface area (Å²) in [6, 6.07) is 9.61. The molecule has 0 bridgehead atoms. The van der Waals surface area contributed by atoms with Crippen LogP contribution >= 0.6 is 0 Å². The van der Waals surface area contributed by atoms with Crippen molar-refractivity contribution >= 4 is 22.7 Å². The molecule has 2 atom stereocenters. The topological polar surface area (TPSA) is 110 Å². The zero-order valence-corrected chi connectivity index (χ0v) is 20.2. The minimum absolute atomic E-state index is 0.0495. The summed E-state index contributed by atoms with van der Waals surface area (Å²) in [6.07, 6.45) is 4.30. The monoisotopic (exact) mass is 489 g/mol. The second kappa shape index (κ2) is 8.49. The average molecular weight is 490 g/mol. The van der Waals surface area contributed by atoms with Crippen LogP contribution in [0.1, 0.15) is 49.6 Å². The number of rotatable bonds is 6. The first-order chi connectivity index (χ1) is 17.3. The zero-order chi connectivity index (χ0) is 25.0. The van der Waals surface area contributed by atoms with E-state index < -0.39 is 11.8 Å². The third-order valence-electron chi connectivity index (χ3n) is 7.15. The minimum Gasteiger partial charge on any atom is -0.381 e. The molecule has 1 fully saturated rings. The number of aliphatic hydroxyl groups is 1. The van der Waals surface area contributed by atoms with E-state index in [1.165, 1.54) is 31.2 Å². The highest BCUT2D eigenvalue weighted by Crippen LogP contribution is 2.36. The number of anilines is 2. The van der Waals surface area contributed by atoms with Gasteiger partial charge in [0, 0.05) is 24.6 Å². The van der Waals surface area contributed by atoms with Gasteiger partial charge < -0.3 is 15.7 Å². The van der Waals surface area contributed by atoms with Gasteiger partial charge in [-0.15, -0.1) is 0 Å². The van der Waals surface area contributed by atoms with Crippen molar-refractivity contribution in [3.8, 4) is 5.69 Å². The van der Waals surface area contributed by atoms with E-state index in [2.05, 4.69) is 32.7 Å². The Labute approximate surface area is 207 Å². The van der Waals surface area contributed by atoms with Gasteiger partial charge in [0.15, 0.2) is 5.65 Å². The lowest BCUT2D eigenvalue weighted by molar-refractivity contribution is -0.0196. The van der Waals surface area contributed by atoms with E-state index in [1.54, 1.807) is 27.7 Å². The zero-order valence-electron chi connectivity index (χ0n) is 20.2. The molecular formula is C26H28FN7O2. The van der Waals surface area contributed by atoms with Gasteiger partial charge in [-0.25, -0.2) is 18.7 Å². The van der Waals surface area contributed by atoms with E-state index in [1.807, 2.05) is 6.07 Å². The van der Waals surface area contributed by atoms with Crippen LogP contribution < -0.4 is 16.2 Å². The Morgan fingerprint density at radius 1 is 1.22 bits per heavy atom. The van der Waals surface area contributed by atoms with E-state index in [4.69, 9.17) is 4.98 Å². The maximum absolute atomic E-state index is 14.2. The van der Waals surface area contributed by atoms with E-state index in [0.29, 0.717) is 22.7 Å². The van der Waals surface area contributed by atoms with Gasteiger partial charge in [0.2, 0.25) is 5.95 Å². The lowest BCUT2D eigenvalue weighted by Crippen LogP contribution is -2.32. The van der Waals surface area contributed by atoms with E-state index >= 15 is 0 Å². The van der Waals surface area contributed by atoms with Crippen molar-refractivity contribution in [3.63, 3.8) is 0 Å². The lowest BCUT2D eigenvalue weighted by Gasteiger charge is -2.24. The molecule has 1 aromatic carbocycles. The molecule has 36 heavy (non-hydrogen) atoms. The molecule has 0 saturated heterocycles. The largest absolute Gasteiger partial charge is 0.381 e. The first-order valence-electron chi connectivity index (χ1n) is 12.3. The number of pyridine rings is 1. The maximum atomic E-state index is 14.2. The Hall–Kier alpha value is -3.63. The summed E-state index contributed by atoms with van der Waals surface area (Å²) in [6.45, 7) is 4.48. The summed E-state index contributed by atoms with van der Waals surface area (Å²) >= 11 is 0. The van der Waals surface area contributed by atoms with Crippen LogP contribution in [0.2, 0.25) is 0 Å². The second-order valence-corrected chi connectivity index (χ2v) is 9.82. The molecule has 4 aromatic rings. The van der Waals surface area contributed by atoms with Gasteiger partial charge in [-0.1, -0.05) is 6.07 Å². The van der Waals surface area contributed by atoms with Crippen LogP contribution in [-0.2, 0) is 18.6 Å². The molecule has 186 valence electrons. The van der Waals surface area contributed by atoms with Crippen LogP contribution in [0.3, 0.4) is 0 Å². The van der Waals surface area contributed by atoms with Crippen molar-refractivity contribution in [2.45, 2.75) is 57.5 Å². The fraction of sp³-hybridized carbons (Fsp3) is 0.385. The summed E-state index contributed by atoms with van der Waals surface area (Å²) in [5, 5.41) is 17.7. The molecule has 2 aliphatic rings. The summed E-state index contributed by atoms with van der Waals surface area (Å²) < 4.78 is 17.6. The Bertz CT molecular complexity index is 1520. The highest BCUT2D eigenvalue weighted by atomic mass is 19.1. The standard InChI is InChI=1S/C26H28FN7O2/c1-15(27)26(2,36)22-12-20(8-10-29-22)33-23-21(24(35)34(33)19-5-6-19)14-30-25(32-23)31-18-4-3-16-7-9-28-13-17(16)11-18/h3-4,8,10-12,14-15,19,28,36H,5-7,9,13H2,1-2H3,(H,30,31,32). The molecule has 10 heteroatoms. The number of benzene rings is 1. The van der Waals surface area contributed by atoms with E-state index in [-0.39, 0.29) is 17.3 Å². The van der Waals surface area contributed by atoms with Crippen molar-refractivity contribution in [3.05, 3.63) is 69.9 Å². The minimum atomic E-state index is -1.77. The van der Waals surface area contributed by atoms with Crippen molar-refractivity contribution in [1.29, 1.82) is 0 Å². The smallest absolute Gasteiger partial charge is 0.278 e. The quantitative estimate of drug-likeness (QED) is 0.381. The van der Waals surface area contributed by atoms with Crippen LogP contribution in [0, 0.1) is 0 Å². The number of hydrogen-bond acceptors (Lipinski definition) is 7. The molecule has 6 rings (SSSR count). The summed E-state index contributed by atoms with van der Waals surface area (Å²) in [5.41, 5.74) is 2.68. The Morgan fingerprint density at radius 3 is 2.83 bits per heavy atom. The first-order valence-corrected chi connectivity index (χ1v) is 12.3. The van der Waals surface area contributed by atoms with Crippen molar-refractivity contribution in [2.75, 3.05) is 11.9 Å². The predicted octanol–water partition coefficient (Wildman–Crippen LogP) is 3.27. The summed E-state index contributed by atoms with van der Waals surface area (Å²) in [5.74, 6) is 0.367. The van der Waals surface area contributed by atoms with E-state index in [9.17, 15) is 14.3 Å². The number of alkyl halides is 1. The Morgan fingerprint density at radius 2 is 2.06 bits per heavy atom. The van der Waals surface area contributed by atoms with Gasteiger partial charge in [-0.2, -0.15) is 4.98 Å². The number of hydrogen-bond donors (Lipinski definition) is 3. The second-order valence-electron chi connectivity index (χ2n) is 9.82. The van der Waals surface area contributed by atoms with Crippen LogP contribution in [0.25, 0.3) is 16.7 Å². The maximum Gasteiger partial charge on any atom is 0.278 e. The SMILES string of the molecule is CC(F)C(C)(O)c1cc(-n2c3nc(Nc4ccc5c(c4)CNCC5)ncc3c(=O)n2C2CC2)ccn1. The summed E-state index contributed by atoms with van der Waals surface area (Å²) in [4.78, 5) is 26.7. The third-order valence-corrected chi connectivity index (χ3v) is 7.15. The predicted molar refractivity (Wildman–Crippen MR) is 134 cm³/mol. The van der Waals surface area contributed by atoms with Crippen molar-refractivity contribution in [2.24, 2.45) is 0 Å². The molecule has 1 saturated carbocycles. The highest BCUT2D eigenvalue weighted by molar-refractivity contribution is 5.77. The van der Waals surface area contributed by atoms with Gasteiger partial charge >= 0.3 is 0 Å². The Kier molecular flexibility index (Phi) is 5.38. The van der Waals surface area contributed by atoms with Crippen LogP contribution in [-0.4, -0.2) is 42.1 Å². The van der Waals surface area contributed by atoms with Crippen LogP contribution in [0.5, 0.6) is 0 Å². The molecule has 0 radical (unpaired) electrons. The van der Waals surface area contributed by atoms with Gasteiger partial charge in [-0.3, -0.25) is 9.78 Å². The lowest BCUT2D eigenvalue weighted by atomic mass is 9.96. The normalized spacial score (nSPS) is 18.0. The molecular weight excluding hydrogens is 461 g/mol. The van der Waals surface area contributed by atoms with Gasteiger partial charge in [0.1, 0.15) is 17.2 Å². The highest BCUT2D eigenvalue weighted by Gasteiger charge is 2.34. The summed E-state index contributed by atoms with van der Waals surface area (Å²) in [7, 11) is 0. The fourth-order valence-corrected chi connectivity index (χ4v) is 4.68. The number of nitrogens with one attached hydrogen (secondary N) is 2. The number of fused-ring (bicyclic) bond motifs is 2. The Balaban J connectivity index is 1.46. The van der Waals surface area contributed by atoms with Gasteiger partial charge in [-0.05, 0) is 75.0 Å². The van der Waals surface area contributed by atoms with Gasteiger partial charge in [0.05, 0.1) is 17.4 Å². The van der Waals surface area contributed by atoms with E-state index in [0.717, 1.165) is 38.0 Å². The molecule has 2 unspecified atom stereocenters. The van der Waals surface area contributed by atoms with Crippen LogP contribution in [0.15, 0.2) is 47.5 Å². The molecule has 1 aliphatic carbocycles. The fourth-order valence-electron chi connectivity index (χ4n) is 4.68. The van der Waals surface area contributed by atoms with Crippen molar-refractivity contribution in [1.82, 2.24) is 29.6 Å². The molecule has 4 heterocycles. The molecule has 0 amide bonds. The first kappa shape index (κ1) is 22.8. The molecule has 0 spiro atoms. The molecule has 3 N–H and O–H groups in total. The van der Waals surface area contributed by atoms with Gasteiger partial charge in [0.25, 0.3) is 5.56 Å². The molecule has 1 aliphatic heterocycles. The number of nitrogens with zero attached hydrogens (tertiary/aromatic N) is 5. The third kappa shape index (κ3) is 3.86. The number of aromatic nitrogens is 5. The van der Waals surface area contributed by atoms with Crippen LogP contribution in [0.4, 0.5) is 16.0 Å². The van der Waals surface area contributed by atoms with Crippen molar-refractivity contribution < 1.29 is 9.50 Å². The molecule has 9 nitrogen and oxygen atoms in total. The number of halogens is 1. The molecule has 3 aromatic heterocycles. The average Bonchev–Trinajstić information content (AvgIpc) is 3.67.